The van der Waals surface area contributed by atoms with Crippen LogP contribution in [0.15, 0.2) is 24.5 Å². The molecule has 28 heavy (non-hydrogen) atoms. The van der Waals surface area contributed by atoms with Crippen LogP contribution in [0, 0.1) is 12.7 Å². The van der Waals surface area contributed by atoms with E-state index in [0.717, 1.165) is 31.6 Å². The maximum Gasteiger partial charge on any atom is 0.223 e. The van der Waals surface area contributed by atoms with Crippen LogP contribution in [-0.2, 0) is 0 Å². The number of rotatable bonds is 4. The van der Waals surface area contributed by atoms with E-state index < -0.39 is 5.82 Å². The summed E-state index contributed by atoms with van der Waals surface area (Å²) in [4.78, 5) is 20.2. The van der Waals surface area contributed by atoms with Crippen molar-refractivity contribution in [2.24, 2.45) is 0 Å². The van der Waals surface area contributed by atoms with E-state index >= 15 is 0 Å². The Labute approximate surface area is 167 Å². The second-order valence-electron chi connectivity index (χ2n) is 7.03. The number of fused-ring (bicyclic) bond motifs is 1. The average molecular weight is 402 g/mol. The number of benzene rings is 1. The molecule has 4 rings (SSSR count). The maximum atomic E-state index is 13.4. The Hall–Kier alpha value is -2.58. The molecule has 3 aromatic rings. The Morgan fingerprint density at radius 1 is 1.14 bits per heavy atom. The van der Waals surface area contributed by atoms with Crippen molar-refractivity contribution >= 4 is 40.1 Å². The molecule has 0 unspecified atom stereocenters. The highest BCUT2D eigenvalue weighted by Crippen LogP contribution is 2.26. The standard InChI is InChI=1S/C19H21ClFN7/c1-11-16-17(27-19(24-11)26-12-5-7-28(2)8-6-12)18(23-10-22-16)25-13-3-4-15(21)14(20)9-13/h3-4,9-10,12H,5-8H2,1-2H3,(H,22,23,25)(H,24,26,27). The van der Waals surface area contributed by atoms with Gasteiger partial charge in [-0.05, 0) is 58.1 Å². The third-order valence-electron chi connectivity index (χ3n) is 4.89. The molecule has 1 aliphatic heterocycles. The Bertz CT molecular complexity index is 1000. The van der Waals surface area contributed by atoms with Crippen molar-refractivity contribution in [3.63, 3.8) is 0 Å². The van der Waals surface area contributed by atoms with Crippen molar-refractivity contribution in [3.8, 4) is 0 Å². The maximum absolute atomic E-state index is 13.4. The molecule has 1 saturated heterocycles. The Morgan fingerprint density at radius 2 is 1.93 bits per heavy atom. The fourth-order valence-electron chi connectivity index (χ4n) is 3.29. The van der Waals surface area contributed by atoms with Crippen LogP contribution in [-0.4, -0.2) is 51.0 Å². The minimum absolute atomic E-state index is 0.0405. The number of nitrogens with zero attached hydrogens (tertiary/aromatic N) is 5. The molecule has 3 heterocycles. The molecule has 0 spiro atoms. The molecule has 9 heteroatoms. The smallest absolute Gasteiger partial charge is 0.223 e. The van der Waals surface area contributed by atoms with Crippen LogP contribution in [0.4, 0.5) is 21.8 Å². The Kier molecular flexibility index (Phi) is 5.23. The first kappa shape index (κ1) is 18.8. The van der Waals surface area contributed by atoms with Gasteiger partial charge in [-0.15, -0.1) is 0 Å². The first-order chi connectivity index (χ1) is 13.5. The van der Waals surface area contributed by atoms with Crippen LogP contribution in [0.2, 0.25) is 5.02 Å². The molecular weight excluding hydrogens is 381 g/mol. The van der Waals surface area contributed by atoms with Gasteiger partial charge in [0.2, 0.25) is 5.95 Å². The highest BCUT2D eigenvalue weighted by molar-refractivity contribution is 6.31. The van der Waals surface area contributed by atoms with Gasteiger partial charge in [0.15, 0.2) is 5.82 Å². The van der Waals surface area contributed by atoms with Gasteiger partial charge in [0, 0.05) is 11.7 Å². The largest absolute Gasteiger partial charge is 0.351 e. The van der Waals surface area contributed by atoms with Crippen LogP contribution in [0.3, 0.4) is 0 Å². The summed E-state index contributed by atoms with van der Waals surface area (Å²) in [7, 11) is 2.13. The summed E-state index contributed by atoms with van der Waals surface area (Å²) in [5.74, 6) is 0.613. The van der Waals surface area contributed by atoms with Crippen LogP contribution in [0.1, 0.15) is 18.5 Å². The van der Waals surface area contributed by atoms with E-state index in [0.29, 0.717) is 34.5 Å². The lowest BCUT2D eigenvalue weighted by Crippen LogP contribution is -2.37. The van der Waals surface area contributed by atoms with Gasteiger partial charge in [-0.25, -0.2) is 24.3 Å². The monoisotopic (exact) mass is 401 g/mol. The Balaban J connectivity index is 1.65. The summed E-state index contributed by atoms with van der Waals surface area (Å²) in [5, 5.41) is 6.63. The van der Waals surface area contributed by atoms with E-state index in [1.807, 2.05) is 6.92 Å². The Morgan fingerprint density at radius 3 is 2.68 bits per heavy atom. The van der Waals surface area contributed by atoms with Gasteiger partial charge in [0.25, 0.3) is 0 Å². The minimum atomic E-state index is -0.470. The highest BCUT2D eigenvalue weighted by Gasteiger charge is 2.19. The van der Waals surface area contributed by atoms with Crippen molar-refractivity contribution in [3.05, 3.63) is 41.1 Å². The molecule has 0 saturated carbocycles. The topological polar surface area (TPSA) is 78.9 Å². The molecule has 0 atom stereocenters. The van der Waals surface area contributed by atoms with Gasteiger partial charge < -0.3 is 15.5 Å². The molecule has 0 amide bonds. The van der Waals surface area contributed by atoms with Gasteiger partial charge in [0.1, 0.15) is 23.2 Å². The van der Waals surface area contributed by atoms with Crippen LogP contribution >= 0.6 is 11.6 Å². The first-order valence-corrected chi connectivity index (χ1v) is 9.54. The number of anilines is 3. The summed E-state index contributed by atoms with van der Waals surface area (Å²) in [6, 6.07) is 4.75. The molecule has 0 radical (unpaired) electrons. The number of halogens is 2. The number of nitrogens with one attached hydrogen (secondary N) is 2. The average Bonchev–Trinajstić information content (AvgIpc) is 2.67. The van der Waals surface area contributed by atoms with Gasteiger partial charge in [-0.3, -0.25) is 0 Å². The third-order valence-corrected chi connectivity index (χ3v) is 5.18. The molecule has 1 aliphatic rings. The SMILES string of the molecule is Cc1nc(NC2CCN(C)CC2)nc2c(Nc3ccc(F)c(Cl)c3)ncnc12. The van der Waals surface area contributed by atoms with E-state index in [1.165, 1.54) is 18.5 Å². The lowest BCUT2D eigenvalue weighted by molar-refractivity contribution is 0.263. The third kappa shape index (κ3) is 3.98. The van der Waals surface area contributed by atoms with Gasteiger partial charge in [0.05, 0.1) is 10.7 Å². The number of aromatic nitrogens is 4. The number of likely N-dealkylation sites (tertiary alicyclic amines) is 1. The fourth-order valence-corrected chi connectivity index (χ4v) is 3.47. The van der Waals surface area contributed by atoms with Gasteiger partial charge in [-0.2, -0.15) is 0 Å². The molecular formula is C19H21ClFN7. The molecule has 2 N–H and O–H groups in total. The zero-order valence-electron chi connectivity index (χ0n) is 15.7. The van der Waals surface area contributed by atoms with Crippen molar-refractivity contribution in [2.45, 2.75) is 25.8 Å². The summed E-state index contributed by atoms with van der Waals surface area (Å²) in [6.07, 6.45) is 3.54. The van der Waals surface area contributed by atoms with Crippen LogP contribution in [0.25, 0.3) is 11.0 Å². The van der Waals surface area contributed by atoms with Crippen LogP contribution < -0.4 is 10.6 Å². The number of hydrogen-bond donors (Lipinski definition) is 2. The van der Waals surface area contributed by atoms with Crippen molar-refractivity contribution in [1.29, 1.82) is 0 Å². The fraction of sp³-hybridized carbons (Fsp3) is 0.368. The molecule has 0 aliphatic carbocycles. The van der Waals surface area contributed by atoms with Crippen molar-refractivity contribution in [2.75, 3.05) is 30.8 Å². The minimum Gasteiger partial charge on any atom is -0.351 e. The number of piperidine rings is 1. The van der Waals surface area contributed by atoms with E-state index in [2.05, 4.69) is 42.5 Å². The quantitative estimate of drug-likeness (QED) is 0.688. The van der Waals surface area contributed by atoms with Gasteiger partial charge >= 0.3 is 0 Å². The predicted molar refractivity (Wildman–Crippen MR) is 109 cm³/mol. The van der Waals surface area contributed by atoms with E-state index in [-0.39, 0.29) is 5.02 Å². The normalized spacial score (nSPS) is 15.7. The molecule has 0 bridgehead atoms. The summed E-state index contributed by atoms with van der Waals surface area (Å²) >= 11 is 5.88. The molecule has 146 valence electrons. The summed E-state index contributed by atoms with van der Waals surface area (Å²) in [5.41, 5.74) is 2.65. The lowest BCUT2D eigenvalue weighted by atomic mass is 10.1. The zero-order chi connectivity index (χ0) is 19.7. The van der Waals surface area contributed by atoms with Crippen molar-refractivity contribution in [1.82, 2.24) is 24.8 Å². The van der Waals surface area contributed by atoms with E-state index in [1.54, 1.807) is 6.07 Å². The van der Waals surface area contributed by atoms with Crippen LogP contribution in [0.5, 0.6) is 0 Å². The highest BCUT2D eigenvalue weighted by atomic mass is 35.5. The molecule has 2 aromatic heterocycles. The second-order valence-corrected chi connectivity index (χ2v) is 7.44. The summed E-state index contributed by atoms with van der Waals surface area (Å²) < 4.78 is 13.4. The number of aryl methyl sites for hydroxylation is 1. The van der Waals surface area contributed by atoms with E-state index in [4.69, 9.17) is 11.6 Å². The first-order valence-electron chi connectivity index (χ1n) is 9.16. The van der Waals surface area contributed by atoms with Crippen molar-refractivity contribution < 1.29 is 4.39 Å². The molecule has 7 nitrogen and oxygen atoms in total. The predicted octanol–water partition coefficient (Wildman–Crippen LogP) is 3.77. The summed E-state index contributed by atoms with van der Waals surface area (Å²) in [6.45, 7) is 3.99. The zero-order valence-corrected chi connectivity index (χ0v) is 16.5. The molecule has 1 fully saturated rings. The van der Waals surface area contributed by atoms with Gasteiger partial charge in [-0.1, -0.05) is 11.6 Å². The lowest BCUT2D eigenvalue weighted by Gasteiger charge is -2.29. The second kappa shape index (κ2) is 7.81. The molecule has 1 aromatic carbocycles. The number of hydrogen-bond acceptors (Lipinski definition) is 7. The van der Waals surface area contributed by atoms with E-state index in [9.17, 15) is 4.39 Å².